The van der Waals surface area contributed by atoms with E-state index in [0.717, 1.165) is 32.2 Å². The molecule has 0 spiro atoms. The van der Waals surface area contributed by atoms with Gasteiger partial charge in [-0.2, -0.15) is 0 Å². The largest absolute Gasteiger partial charge is 0.381 e. The third-order valence-electron chi connectivity index (χ3n) is 4.31. The molecule has 1 saturated heterocycles. The SMILES string of the molecule is CC1CCC(Nc2ccccc2N2CCOCC2)C1. The van der Waals surface area contributed by atoms with Gasteiger partial charge in [0.25, 0.3) is 0 Å². The molecule has 3 nitrogen and oxygen atoms in total. The van der Waals surface area contributed by atoms with E-state index < -0.39 is 0 Å². The summed E-state index contributed by atoms with van der Waals surface area (Å²) in [5.41, 5.74) is 2.63. The number of benzene rings is 1. The molecule has 2 unspecified atom stereocenters. The fourth-order valence-corrected chi connectivity index (χ4v) is 3.23. The minimum atomic E-state index is 0.650. The van der Waals surface area contributed by atoms with Crippen LogP contribution in [0.3, 0.4) is 0 Å². The van der Waals surface area contributed by atoms with Crippen molar-refractivity contribution in [2.45, 2.75) is 32.2 Å². The molecule has 1 heterocycles. The van der Waals surface area contributed by atoms with E-state index in [4.69, 9.17) is 4.74 Å². The average molecular weight is 260 g/mol. The molecule has 3 rings (SSSR count). The maximum atomic E-state index is 5.45. The van der Waals surface area contributed by atoms with Crippen LogP contribution in [0.5, 0.6) is 0 Å². The van der Waals surface area contributed by atoms with E-state index in [1.54, 1.807) is 0 Å². The molecular weight excluding hydrogens is 236 g/mol. The average Bonchev–Trinajstić information content (AvgIpc) is 2.86. The van der Waals surface area contributed by atoms with Crippen molar-refractivity contribution in [2.24, 2.45) is 5.92 Å². The number of hydrogen-bond acceptors (Lipinski definition) is 3. The predicted octanol–water partition coefficient (Wildman–Crippen LogP) is 3.12. The summed E-state index contributed by atoms with van der Waals surface area (Å²) >= 11 is 0. The number of ether oxygens (including phenoxy) is 1. The molecule has 104 valence electrons. The Balaban J connectivity index is 1.73. The fourth-order valence-electron chi connectivity index (χ4n) is 3.23. The number of anilines is 2. The van der Waals surface area contributed by atoms with Gasteiger partial charge >= 0.3 is 0 Å². The van der Waals surface area contributed by atoms with Crippen molar-refractivity contribution < 1.29 is 4.74 Å². The zero-order valence-electron chi connectivity index (χ0n) is 11.8. The lowest BCUT2D eigenvalue weighted by Crippen LogP contribution is -2.36. The first-order valence-corrected chi connectivity index (χ1v) is 7.51. The highest BCUT2D eigenvalue weighted by Gasteiger charge is 2.22. The molecule has 3 heteroatoms. The Morgan fingerprint density at radius 3 is 2.68 bits per heavy atom. The molecule has 1 aromatic rings. The number of rotatable bonds is 3. The van der Waals surface area contributed by atoms with Gasteiger partial charge in [0.1, 0.15) is 0 Å². The Hall–Kier alpha value is -1.22. The molecule has 2 atom stereocenters. The molecule has 0 bridgehead atoms. The quantitative estimate of drug-likeness (QED) is 0.903. The van der Waals surface area contributed by atoms with Gasteiger partial charge in [-0.25, -0.2) is 0 Å². The second kappa shape index (κ2) is 5.83. The van der Waals surface area contributed by atoms with Crippen LogP contribution in [0.2, 0.25) is 0 Å². The summed E-state index contributed by atoms with van der Waals surface area (Å²) < 4.78 is 5.45. The maximum Gasteiger partial charge on any atom is 0.0642 e. The molecule has 19 heavy (non-hydrogen) atoms. The van der Waals surface area contributed by atoms with Gasteiger partial charge in [-0.3, -0.25) is 0 Å². The minimum Gasteiger partial charge on any atom is -0.381 e. The highest BCUT2D eigenvalue weighted by Crippen LogP contribution is 2.32. The normalized spacial score (nSPS) is 27.5. The molecule has 1 aromatic carbocycles. The molecule has 1 aliphatic heterocycles. The molecule has 1 N–H and O–H groups in total. The van der Waals surface area contributed by atoms with Crippen molar-refractivity contribution in [3.63, 3.8) is 0 Å². The van der Waals surface area contributed by atoms with Crippen LogP contribution in [0.25, 0.3) is 0 Å². The molecule has 1 saturated carbocycles. The van der Waals surface area contributed by atoms with Gasteiger partial charge in [0, 0.05) is 19.1 Å². The van der Waals surface area contributed by atoms with Crippen molar-refractivity contribution in [2.75, 3.05) is 36.5 Å². The van der Waals surface area contributed by atoms with Gasteiger partial charge in [-0.1, -0.05) is 19.1 Å². The fraction of sp³-hybridized carbons (Fsp3) is 0.625. The van der Waals surface area contributed by atoms with Crippen LogP contribution in [0, 0.1) is 5.92 Å². The van der Waals surface area contributed by atoms with Crippen LogP contribution in [0.15, 0.2) is 24.3 Å². The zero-order valence-corrected chi connectivity index (χ0v) is 11.8. The summed E-state index contributed by atoms with van der Waals surface area (Å²) in [6.07, 6.45) is 3.97. The predicted molar refractivity (Wildman–Crippen MR) is 79.9 cm³/mol. The van der Waals surface area contributed by atoms with Crippen LogP contribution < -0.4 is 10.2 Å². The summed E-state index contributed by atoms with van der Waals surface area (Å²) in [6, 6.07) is 9.36. The third-order valence-corrected chi connectivity index (χ3v) is 4.31. The lowest BCUT2D eigenvalue weighted by molar-refractivity contribution is 0.123. The van der Waals surface area contributed by atoms with Crippen LogP contribution in [-0.4, -0.2) is 32.3 Å². The van der Waals surface area contributed by atoms with Gasteiger partial charge < -0.3 is 15.0 Å². The van der Waals surface area contributed by atoms with Crippen LogP contribution in [-0.2, 0) is 4.74 Å². The van der Waals surface area contributed by atoms with E-state index in [0.29, 0.717) is 6.04 Å². The van der Waals surface area contributed by atoms with Crippen molar-refractivity contribution in [1.29, 1.82) is 0 Å². The van der Waals surface area contributed by atoms with E-state index in [1.807, 2.05) is 0 Å². The van der Waals surface area contributed by atoms with Crippen molar-refractivity contribution in [3.8, 4) is 0 Å². The van der Waals surface area contributed by atoms with Gasteiger partial charge in [-0.05, 0) is 37.3 Å². The summed E-state index contributed by atoms with van der Waals surface area (Å²) in [5, 5.41) is 3.75. The number of nitrogens with one attached hydrogen (secondary N) is 1. The summed E-state index contributed by atoms with van der Waals surface area (Å²) in [5.74, 6) is 0.869. The second-order valence-electron chi connectivity index (χ2n) is 5.88. The molecular formula is C16H24N2O. The first-order chi connectivity index (χ1) is 9.33. The standard InChI is InChI=1S/C16H24N2O/c1-13-6-7-14(12-13)17-15-4-2-3-5-16(15)18-8-10-19-11-9-18/h2-5,13-14,17H,6-12H2,1H3. The number of hydrogen-bond donors (Lipinski definition) is 1. The van der Waals surface area contributed by atoms with E-state index >= 15 is 0 Å². The van der Waals surface area contributed by atoms with Crippen molar-refractivity contribution >= 4 is 11.4 Å². The molecule has 0 amide bonds. The third kappa shape index (κ3) is 3.03. The molecule has 0 radical (unpaired) electrons. The van der Waals surface area contributed by atoms with Gasteiger partial charge in [0.2, 0.25) is 0 Å². The van der Waals surface area contributed by atoms with Crippen LogP contribution in [0.1, 0.15) is 26.2 Å². The Kier molecular flexibility index (Phi) is 3.92. The Labute approximate surface area is 115 Å². The van der Waals surface area contributed by atoms with Crippen LogP contribution >= 0.6 is 0 Å². The monoisotopic (exact) mass is 260 g/mol. The first kappa shape index (κ1) is 12.8. The number of nitrogens with zero attached hydrogens (tertiary/aromatic N) is 1. The van der Waals surface area contributed by atoms with Gasteiger partial charge in [0.15, 0.2) is 0 Å². The van der Waals surface area contributed by atoms with Gasteiger partial charge in [-0.15, -0.1) is 0 Å². The smallest absolute Gasteiger partial charge is 0.0642 e. The maximum absolute atomic E-state index is 5.45. The second-order valence-corrected chi connectivity index (χ2v) is 5.88. The lowest BCUT2D eigenvalue weighted by atomic mass is 10.1. The van der Waals surface area contributed by atoms with Gasteiger partial charge in [0.05, 0.1) is 24.6 Å². The number of para-hydroxylation sites is 2. The summed E-state index contributed by atoms with van der Waals surface area (Å²) in [6.45, 7) is 6.04. The minimum absolute atomic E-state index is 0.650. The lowest BCUT2D eigenvalue weighted by Gasteiger charge is -2.31. The summed E-state index contributed by atoms with van der Waals surface area (Å²) in [7, 11) is 0. The Morgan fingerprint density at radius 2 is 1.95 bits per heavy atom. The van der Waals surface area contributed by atoms with Crippen LogP contribution in [0.4, 0.5) is 11.4 Å². The van der Waals surface area contributed by atoms with E-state index in [9.17, 15) is 0 Å². The summed E-state index contributed by atoms with van der Waals surface area (Å²) in [4.78, 5) is 2.43. The van der Waals surface area contributed by atoms with E-state index in [1.165, 1.54) is 30.6 Å². The first-order valence-electron chi connectivity index (χ1n) is 7.51. The van der Waals surface area contributed by atoms with E-state index in [-0.39, 0.29) is 0 Å². The van der Waals surface area contributed by atoms with E-state index in [2.05, 4.69) is 41.4 Å². The molecule has 2 fully saturated rings. The molecule has 1 aliphatic carbocycles. The topological polar surface area (TPSA) is 24.5 Å². The molecule has 2 aliphatic rings. The highest BCUT2D eigenvalue weighted by atomic mass is 16.5. The Morgan fingerprint density at radius 1 is 1.16 bits per heavy atom. The zero-order chi connectivity index (χ0) is 13.1. The number of morpholine rings is 1. The Bertz CT molecular complexity index is 415. The molecule has 0 aromatic heterocycles. The van der Waals surface area contributed by atoms with Crippen molar-refractivity contribution in [3.05, 3.63) is 24.3 Å². The highest BCUT2D eigenvalue weighted by molar-refractivity contribution is 5.70. The van der Waals surface area contributed by atoms with Crippen molar-refractivity contribution in [1.82, 2.24) is 0 Å².